The molecule has 11 heavy (non-hydrogen) atoms. The minimum Gasteiger partial charge on any atom is -0.785 e. The summed E-state index contributed by atoms with van der Waals surface area (Å²) in [6.07, 6.45) is 1.87. The maximum absolute atomic E-state index is 11.0. The molecule has 3 nitrogen and oxygen atoms in total. The summed E-state index contributed by atoms with van der Waals surface area (Å²) >= 11 is 0. The van der Waals surface area contributed by atoms with Crippen LogP contribution in [0.4, 0.5) is 0 Å². The lowest BCUT2D eigenvalue weighted by atomic mass is 9.96. The van der Waals surface area contributed by atoms with Gasteiger partial charge >= 0.3 is 0 Å². The zero-order chi connectivity index (χ0) is 8.32. The van der Waals surface area contributed by atoms with E-state index in [2.05, 4.69) is 13.8 Å². The van der Waals surface area contributed by atoms with Gasteiger partial charge in [-0.1, -0.05) is 13.8 Å². The maximum atomic E-state index is 11.0. The average molecular weight is 158 g/mol. The molecule has 1 aliphatic rings. The quantitative estimate of drug-likeness (QED) is 0.609. The molecule has 0 radical (unpaired) electrons. The Labute approximate surface area is 67.9 Å². The molecule has 0 atom stereocenters. The van der Waals surface area contributed by atoms with Crippen LogP contribution < -0.4 is 0 Å². The number of hydrogen-bond acceptors (Lipinski definition) is 3. The molecular formula is C8H16NO2-. The van der Waals surface area contributed by atoms with E-state index in [9.17, 15) is 5.21 Å². The molecule has 3 heteroatoms. The van der Waals surface area contributed by atoms with Crippen LogP contribution in [0.15, 0.2) is 0 Å². The van der Waals surface area contributed by atoms with Gasteiger partial charge in [0.25, 0.3) is 0 Å². The van der Waals surface area contributed by atoms with E-state index in [0.29, 0.717) is 19.7 Å². The van der Waals surface area contributed by atoms with Gasteiger partial charge in [-0.15, -0.1) is 0 Å². The van der Waals surface area contributed by atoms with Crippen molar-refractivity contribution in [1.29, 1.82) is 0 Å². The first-order valence-electron chi connectivity index (χ1n) is 4.28. The van der Waals surface area contributed by atoms with Gasteiger partial charge in [-0.25, -0.2) is 0 Å². The van der Waals surface area contributed by atoms with Crippen molar-refractivity contribution in [3.8, 4) is 0 Å². The molecule has 0 aliphatic carbocycles. The van der Waals surface area contributed by atoms with Crippen LogP contribution in [0.1, 0.15) is 26.7 Å². The van der Waals surface area contributed by atoms with Gasteiger partial charge in [0, 0.05) is 13.1 Å². The molecule has 0 aromatic rings. The topological polar surface area (TPSA) is 35.5 Å². The Morgan fingerprint density at radius 3 is 2.45 bits per heavy atom. The summed E-state index contributed by atoms with van der Waals surface area (Å²) in [6.45, 7) is 5.80. The van der Waals surface area contributed by atoms with Gasteiger partial charge < -0.3 is 15.0 Å². The molecule has 1 fully saturated rings. The fourth-order valence-corrected chi connectivity index (χ4v) is 1.49. The van der Waals surface area contributed by atoms with Crippen LogP contribution in [-0.4, -0.2) is 30.4 Å². The lowest BCUT2D eigenvalue weighted by Crippen LogP contribution is -2.48. The molecule has 0 saturated carbocycles. The van der Waals surface area contributed by atoms with E-state index in [1.165, 1.54) is 0 Å². The summed E-state index contributed by atoms with van der Waals surface area (Å²) in [7, 11) is 0. The first-order valence-corrected chi connectivity index (χ1v) is 4.28. The number of rotatable bonds is 2. The Bertz CT molecular complexity index is 123. The highest BCUT2D eigenvalue weighted by atomic mass is 16.5. The first-order chi connectivity index (χ1) is 5.22. The Hall–Kier alpha value is -0.120. The molecule has 0 spiro atoms. The summed E-state index contributed by atoms with van der Waals surface area (Å²) in [6, 6.07) is 0. The Morgan fingerprint density at radius 1 is 1.45 bits per heavy atom. The minimum atomic E-state index is -0.153. The highest BCUT2D eigenvalue weighted by molar-refractivity contribution is 4.85. The van der Waals surface area contributed by atoms with E-state index in [0.717, 1.165) is 17.9 Å². The molecule has 0 N–H and O–H groups in total. The smallest absolute Gasteiger partial charge is 0.0795 e. The summed E-state index contributed by atoms with van der Waals surface area (Å²) in [5.74, 6) is 0. The van der Waals surface area contributed by atoms with Crippen LogP contribution in [0.25, 0.3) is 0 Å². The molecule has 0 amide bonds. The Balaban J connectivity index is 2.52. The van der Waals surface area contributed by atoms with Crippen LogP contribution in [0.2, 0.25) is 0 Å². The third-order valence-electron chi connectivity index (χ3n) is 2.50. The molecule has 0 aromatic carbocycles. The second-order valence-electron chi connectivity index (χ2n) is 3.10. The van der Waals surface area contributed by atoms with Crippen molar-refractivity contribution in [2.24, 2.45) is 0 Å². The van der Waals surface area contributed by atoms with E-state index < -0.39 is 0 Å². The van der Waals surface area contributed by atoms with Crippen molar-refractivity contribution in [2.45, 2.75) is 32.3 Å². The number of ether oxygens (including phenoxy) is 1. The van der Waals surface area contributed by atoms with E-state index in [1.54, 1.807) is 0 Å². The van der Waals surface area contributed by atoms with Crippen molar-refractivity contribution in [3.05, 3.63) is 5.21 Å². The van der Waals surface area contributed by atoms with Gasteiger partial charge in [0.15, 0.2) is 0 Å². The van der Waals surface area contributed by atoms with Crippen LogP contribution >= 0.6 is 0 Å². The molecule has 0 bridgehead atoms. The van der Waals surface area contributed by atoms with Crippen molar-refractivity contribution in [3.63, 3.8) is 0 Å². The van der Waals surface area contributed by atoms with E-state index in [-0.39, 0.29) is 5.60 Å². The zero-order valence-corrected chi connectivity index (χ0v) is 7.30. The largest absolute Gasteiger partial charge is 0.785 e. The molecule has 0 unspecified atom stereocenters. The molecule has 1 rings (SSSR count). The monoisotopic (exact) mass is 158 g/mol. The lowest BCUT2D eigenvalue weighted by molar-refractivity contribution is -0.102. The van der Waals surface area contributed by atoms with Crippen molar-refractivity contribution < 1.29 is 4.74 Å². The molecule has 1 saturated heterocycles. The van der Waals surface area contributed by atoms with Gasteiger partial charge in [0.1, 0.15) is 0 Å². The second kappa shape index (κ2) is 3.52. The summed E-state index contributed by atoms with van der Waals surface area (Å²) in [4.78, 5) is 0. The van der Waals surface area contributed by atoms with Crippen LogP contribution in [0.3, 0.4) is 0 Å². The van der Waals surface area contributed by atoms with Crippen LogP contribution in [-0.2, 0) is 4.74 Å². The molecular weight excluding hydrogens is 142 g/mol. The van der Waals surface area contributed by atoms with E-state index in [1.807, 2.05) is 0 Å². The molecule has 1 heterocycles. The van der Waals surface area contributed by atoms with E-state index in [4.69, 9.17) is 4.74 Å². The van der Waals surface area contributed by atoms with Gasteiger partial charge in [-0.3, -0.25) is 0 Å². The fourth-order valence-electron chi connectivity index (χ4n) is 1.49. The standard InChI is InChI=1S/C8H16NO2/c1-3-8(4-2)7-9(10)5-6-11-8/h3-7H2,1-2H3/q-1. The van der Waals surface area contributed by atoms with Crippen molar-refractivity contribution in [1.82, 2.24) is 5.06 Å². The minimum absolute atomic E-state index is 0.153. The first kappa shape index (κ1) is 8.97. The molecule has 66 valence electrons. The summed E-state index contributed by atoms with van der Waals surface area (Å²) < 4.78 is 5.59. The highest BCUT2D eigenvalue weighted by Gasteiger charge is 2.29. The van der Waals surface area contributed by atoms with Crippen molar-refractivity contribution >= 4 is 0 Å². The third-order valence-corrected chi connectivity index (χ3v) is 2.50. The number of nitrogens with zero attached hydrogens (tertiary/aromatic N) is 1. The molecule has 0 aromatic heterocycles. The predicted octanol–water partition coefficient (Wildman–Crippen LogP) is 1.38. The normalized spacial score (nSPS) is 25.4. The second-order valence-corrected chi connectivity index (χ2v) is 3.10. The highest BCUT2D eigenvalue weighted by Crippen LogP contribution is 2.24. The Kier molecular flexibility index (Phi) is 2.87. The van der Waals surface area contributed by atoms with Gasteiger partial charge in [-0.05, 0) is 12.8 Å². The average Bonchev–Trinajstić information content (AvgIpc) is 2.04. The van der Waals surface area contributed by atoms with E-state index >= 15 is 0 Å². The third kappa shape index (κ3) is 1.92. The van der Waals surface area contributed by atoms with Gasteiger partial charge in [0.2, 0.25) is 0 Å². The fraction of sp³-hybridized carbons (Fsp3) is 1.00. The van der Waals surface area contributed by atoms with Gasteiger partial charge in [0.05, 0.1) is 12.2 Å². The zero-order valence-electron chi connectivity index (χ0n) is 7.30. The van der Waals surface area contributed by atoms with Gasteiger partial charge in [-0.2, -0.15) is 0 Å². The number of hydroxylamine groups is 2. The number of morpholine rings is 1. The Morgan fingerprint density at radius 2 is 2.09 bits per heavy atom. The maximum Gasteiger partial charge on any atom is 0.0795 e. The number of hydrogen-bond donors (Lipinski definition) is 0. The predicted molar refractivity (Wildman–Crippen MR) is 44.2 cm³/mol. The molecule has 1 aliphatic heterocycles. The lowest BCUT2D eigenvalue weighted by Gasteiger charge is -2.45. The van der Waals surface area contributed by atoms with Crippen molar-refractivity contribution in [2.75, 3.05) is 19.7 Å². The SMILES string of the molecule is CCC1(CC)CN([O-])CCO1. The summed E-state index contributed by atoms with van der Waals surface area (Å²) in [5, 5.41) is 12.1. The van der Waals surface area contributed by atoms with Crippen LogP contribution in [0, 0.1) is 5.21 Å². The van der Waals surface area contributed by atoms with Crippen LogP contribution in [0.5, 0.6) is 0 Å². The summed E-state index contributed by atoms with van der Waals surface area (Å²) in [5.41, 5.74) is -0.153.